The summed E-state index contributed by atoms with van der Waals surface area (Å²) in [7, 11) is 0. The lowest BCUT2D eigenvalue weighted by Crippen LogP contribution is -2.31. The summed E-state index contributed by atoms with van der Waals surface area (Å²) < 4.78 is 10.8. The Bertz CT molecular complexity index is 1260. The molecule has 0 radical (unpaired) electrons. The van der Waals surface area contributed by atoms with Crippen LogP contribution in [0.5, 0.6) is 0 Å². The molecule has 1 atom stereocenters. The number of nitrogens with zero attached hydrogens (tertiary/aromatic N) is 1. The summed E-state index contributed by atoms with van der Waals surface area (Å²) in [4.78, 5) is 36.1. The number of rotatable bonds is 6. The van der Waals surface area contributed by atoms with Crippen LogP contribution in [0, 0.1) is 0 Å². The van der Waals surface area contributed by atoms with Crippen LogP contribution in [-0.2, 0) is 20.7 Å². The number of carbonyl (C=O) groups excluding carboxylic acids is 2. The Kier molecular flexibility index (Phi) is 5.30. The summed E-state index contributed by atoms with van der Waals surface area (Å²) >= 11 is 0. The average Bonchev–Trinajstić information content (AvgIpc) is 3.19. The average molecular weight is 405 g/mol. The van der Waals surface area contributed by atoms with E-state index >= 15 is 0 Å². The molecule has 1 amide bonds. The number of aromatic nitrogens is 2. The van der Waals surface area contributed by atoms with E-state index in [2.05, 4.69) is 15.5 Å². The van der Waals surface area contributed by atoms with Gasteiger partial charge in [0, 0.05) is 10.8 Å². The van der Waals surface area contributed by atoms with Crippen molar-refractivity contribution >= 4 is 33.6 Å². The highest BCUT2D eigenvalue weighted by Crippen LogP contribution is 2.23. The third-order valence-electron chi connectivity index (χ3n) is 4.70. The maximum atomic E-state index is 12.2. The fourth-order valence-electron chi connectivity index (χ4n) is 3.21. The lowest BCUT2D eigenvalue weighted by molar-refractivity contribution is -0.148. The zero-order valence-corrected chi connectivity index (χ0v) is 16.2. The van der Waals surface area contributed by atoms with Crippen LogP contribution < -0.4 is 10.9 Å². The highest BCUT2D eigenvalue weighted by atomic mass is 16.5. The van der Waals surface area contributed by atoms with Gasteiger partial charge < -0.3 is 14.5 Å². The number of H-pyrrole nitrogens is 1. The number of furan rings is 1. The minimum absolute atomic E-state index is 0.163. The molecule has 0 saturated carbocycles. The van der Waals surface area contributed by atoms with Gasteiger partial charge in [0.05, 0.1) is 23.5 Å². The van der Waals surface area contributed by atoms with E-state index in [1.165, 1.54) is 0 Å². The van der Waals surface area contributed by atoms with Crippen molar-refractivity contribution in [1.29, 1.82) is 0 Å². The van der Waals surface area contributed by atoms with Crippen molar-refractivity contribution in [3.8, 4) is 0 Å². The molecule has 0 spiro atoms. The second-order valence-corrected chi connectivity index (χ2v) is 6.86. The molecule has 8 nitrogen and oxygen atoms in total. The summed E-state index contributed by atoms with van der Waals surface area (Å²) in [5, 5.41) is 11.0. The zero-order valence-electron chi connectivity index (χ0n) is 16.2. The summed E-state index contributed by atoms with van der Waals surface area (Å²) in [5.41, 5.74) is 0.786. The van der Waals surface area contributed by atoms with Crippen molar-refractivity contribution in [3.05, 3.63) is 76.4 Å². The molecule has 4 rings (SSSR count). The van der Waals surface area contributed by atoms with Crippen molar-refractivity contribution in [1.82, 2.24) is 15.5 Å². The fourth-order valence-corrected chi connectivity index (χ4v) is 3.21. The second kappa shape index (κ2) is 8.20. The molecule has 2 aromatic carbocycles. The van der Waals surface area contributed by atoms with Crippen LogP contribution in [0.2, 0.25) is 0 Å². The lowest BCUT2D eigenvalue weighted by atomic mass is 10.1. The number of nitrogens with one attached hydrogen (secondary N) is 2. The van der Waals surface area contributed by atoms with E-state index < -0.39 is 18.5 Å². The molecule has 2 N–H and O–H groups in total. The highest BCUT2D eigenvalue weighted by molar-refractivity contribution is 5.87. The third-order valence-corrected chi connectivity index (χ3v) is 4.70. The van der Waals surface area contributed by atoms with Crippen LogP contribution in [0.4, 0.5) is 0 Å². The first-order valence-corrected chi connectivity index (χ1v) is 9.41. The van der Waals surface area contributed by atoms with Gasteiger partial charge >= 0.3 is 5.97 Å². The molecule has 0 fully saturated rings. The van der Waals surface area contributed by atoms with Crippen molar-refractivity contribution < 1.29 is 18.7 Å². The Hall–Kier alpha value is -3.94. The SMILES string of the molecule is C[C@@H](NC(=O)COC(=O)Cc1n[nH]c(=O)c2ccccc12)c1cc2ccccc2o1. The minimum Gasteiger partial charge on any atom is -0.459 e. The van der Waals surface area contributed by atoms with Gasteiger partial charge in [-0.3, -0.25) is 14.4 Å². The number of carbonyl (C=O) groups is 2. The largest absolute Gasteiger partial charge is 0.459 e. The minimum atomic E-state index is -0.619. The van der Waals surface area contributed by atoms with Crippen LogP contribution in [-0.4, -0.2) is 28.7 Å². The maximum Gasteiger partial charge on any atom is 0.312 e. The Morgan fingerprint density at radius 3 is 2.67 bits per heavy atom. The molecule has 0 aliphatic heterocycles. The monoisotopic (exact) mass is 405 g/mol. The van der Waals surface area contributed by atoms with Crippen molar-refractivity contribution in [2.45, 2.75) is 19.4 Å². The van der Waals surface area contributed by atoms with Crippen molar-refractivity contribution in [2.75, 3.05) is 6.61 Å². The van der Waals surface area contributed by atoms with Crippen LogP contribution in [0.1, 0.15) is 24.4 Å². The first-order chi connectivity index (χ1) is 14.5. The fraction of sp³-hybridized carbons (Fsp3) is 0.182. The number of ether oxygens (including phenoxy) is 1. The lowest BCUT2D eigenvalue weighted by Gasteiger charge is -2.11. The van der Waals surface area contributed by atoms with E-state index in [1.807, 2.05) is 30.3 Å². The summed E-state index contributed by atoms with van der Waals surface area (Å²) in [5.74, 6) is -0.457. The van der Waals surface area contributed by atoms with E-state index in [1.54, 1.807) is 31.2 Å². The quantitative estimate of drug-likeness (QED) is 0.477. The molecule has 0 unspecified atom stereocenters. The van der Waals surface area contributed by atoms with Crippen LogP contribution >= 0.6 is 0 Å². The van der Waals surface area contributed by atoms with E-state index in [0.717, 1.165) is 11.0 Å². The van der Waals surface area contributed by atoms with E-state index in [4.69, 9.17) is 9.15 Å². The Morgan fingerprint density at radius 2 is 1.87 bits per heavy atom. The Labute approximate surface area is 170 Å². The molecule has 2 aromatic heterocycles. The van der Waals surface area contributed by atoms with Crippen LogP contribution in [0.25, 0.3) is 21.7 Å². The summed E-state index contributed by atoms with van der Waals surface area (Å²) in [6.07, 6.45) is -0.163. The topological polar surface area (TPSA) is 114 Å². The smallest absolute Gasteiger partial charge is 0.312 e. The normalized spacial score (nSPS) is 12.0. The molecule has 0 aliphatic rings. The number of para-hydroxylation sites is 1. The first kappa shape index (κ1) is 19.4. The number of hydrogen-bond acceptors (Lipinski definition) is 6. The highest BCUT2D eigenvalue weighted by Gasteiger charge is 2.17. The van der Waals surface area contributed by atoms with Crippen LogP contribution in [0.15, 0.2) is 63.8 Å². The van der Waals surface area contributed by atoms with Crippen molar-refractivity contribution in [2.24, 2.45) is 0 Å². The van der Waals surface area contributed by atoms with Gasteiger partial charge in [-0.2, -0.15) is 5.10 Å². The van der Waals surface area contributed by atoms with Gasteiger partial charge in [-0.05, 0) is 25.1 Å². The predicted octanol–water partition coefficient (Wildman–Crippen LogP) is 2.63. The number of benzene rings is 2. The molecule has 152 valence electrons. The third kappa shape index (κ3) is 4.07. The van der Waals surface area contributed by atoms with Gasteiger partial charge in [0.1, 0.15) is 11.3 Å². The van der Waals surface area contributed by atoms with Crippen LogP contribution in [0.3, 0.4) is 0 Å². The Morgan fingerprint density at radius 1 is 1.13 bits per heavy atom. The van der Waals surface area contributed by atoms with E-state index in [-0.39, 0.29) is 18.0 Å². The second-order valence-electron chi connectivity index (χ2n) is 6.86. The van der Waals surface area contributed by atoms with E-state index in [0.29, 0.717) is 22.2 Å². The maximum absolute atomic E-state index is 12.2. The number of hydrogen-bond donors (Lipinski definition) is 2. The molecule has 4 aromatic rings. The molecule has 8 heteroatoms. The molecule has 0 saturated heterocycles. The molecule has 0 bridgehead atoms. The first-order valence-electron chi connectivity index (χ1n) is 9.41. The molecule has 30 heavy (non-hydrogen) atoms. The van der Waals surface area contributed by atoms with Gasteiger partial charge in [0.25, 0.3) is 11.5 Å². The molecule has 2 heterocycles. The molecule has 0 aliphatic carbocycles. The van der Waals surface area contributed by atoms with Gasteiger partial charge in [0.2, 0.25) is 0 Å². The van der Waals surface area contributed by atoms with E-state index in [9.17, 15) is 14.4 Å². The number of aromatic amines is 1. The van der Waals surface area contributed by atoms with Gasteiger partial charge in [0.15, 0.2) is 6.61 Å². The number of fused-ring (bicyclic) bond motifs is 2. The predicted molar refractivity (Wildman–Crippen MR) is 110 cm³/mol. The zero-order chi connectivity index (χ0) is 21.1. The van der Waals surface area contributed by atoms with Gasteiger partial charge in [-0.15, -0.1) is 0 Å². The summed E-state index contributed by atoms with van der Waals surface area (Å²) in [6, 6.07) is 15.9. The van der Waals surface area contributed by atoms with Crippen molar-refractivity contribution in [3.63, 3.8) is 0 Å². The Balaban J connectivity index is 1.34. The number of esters is 1. The number of amides is 1. The molecular weight excluding hydrogens is 386 g/mol. The summed E-state index contributed by atoms with van der Waals surface area (Å²) in [6.45, 7) is 1.36. The standard InChI is InChI=1S/C22H19N3O5/c1-13(19-10-14-6-2-5-9-18(14)30-19)23-20(26)12-29-21(27)11-17-15-7-3-4-8-16(15)22(28)25-24-17/h2-10,13H,11-12H2,1H3,(H,23,26)(H,25,28)/t13-/m1/s1. The molecular formula is C22H19N3O5. The van der Waals surface area contributed by atoms with Gasteiger partial charge in [-0.1, -0.05) is 36.4 Å². The van der Waals surface area contributed by atoms with Gasteiger partial charge in [-0.25, -0.2) is 5.10 Å².